The van der Waals surface area contributed by atoms with Crippen molar-refractivity contribution in [2.45, 2.75) is 24.5 Å². The highest BCUT2D eigenvalue weighted by Gasteiger charge is 2.42. The SMILES string of the molecule is N#Cc1ncn([C@@H]2O[C@H](CO)[C@@H](O)[C@@H]2N)c1N. The van der Waals surface area contributed by atoms with Crippen LogP contribution in [0.3, 0.4) is 0 Å². The van der Waals surface area contributed by atoms with Crippen LogP contribution in [0.25, 0.3) is 0 Å². The number of ether oxygens (including phenoxy) is 1. The fourth-order valence-corrected chi connectivity index (χ4v) is 1.83. The Bertz CT molecular complexity index is 454. The summed E-state index contributed by atoms with van der Waals surface area (Å²) in [5.74, 6) is 0.124. The number of nitrogens with two attached hydrogens (primary N) is 2. The molecule has 1 aromatic rings. The van der Waals surface area contributed by atoms with E-state index in [0.29, 0.717) is 0 Å². The van der Waals surface area contributed by atoms with Crippen LogP contribution >= 0.6 is 0 Å². The molecular weight excluding hydrogens is 226 g/mol. The zero-order chi connectivity index (χ0) is 12.6. The third kappa shape index (κ3) is 1.75. The number of nitrogen functional groups attached to an aromatic ring is 1. The molecular formula is C9H13N5O3. The fourth-order valence-electron chi connectivity index (χ4n) is 1.83. The van der Waals surface area contributed by atoms with E-state index in [-0.39, 0.29) is 18.1 Å². The minimum atomic E-state index is -0.989. The fraction of sp³-hybridized carbons (Fsp3) is 0.556. The Hall–Kier alpha value is -1.66. The van der Waals surface area contributed by atoms with Gasteiger partial charge in [0.25, 0.3) is 0 Å². The summed E-state index contributed by atoms with van der Waals surface area (Å²) in [7, 11) is 0. The molecule has 1 aliphatic rings. The number of aliphatic hydroxyl groups is 2. The summed E-state index contributed by atoms with van der Waals surface area (Å²) in [6, 6.07) is 1.08. The number of anilines is 1. The van der Waals surface area contributed by atoms with Crippen molar-refractivity contribution in [3.05, 3.63) is 12.0 Å². The molecule has 0 amide bonds. The van der Waals surface area contributed by atoms with Crippen LogP contribution in [0.1, 0.15) is 11.9 Å². The van der Waals surface area contributed by atoms with E-state index in [1.165, 1.54) is 10.9 Å². The summed E-state index contributed by atoms with van der Waals surface area (Å²) >= 11 is 0. The third-order valence-electron chi connectivity index (χ3n) is 2.81. The standard InChI is InChI=1S/C9H13N5O3/c10-1-4-8(12)14(3-13-4)9-6(11)7(16)5(2-15)17-9/h3,5-7,9,15-16H,2,11-12H2/t5-,6+,7-,9-/m1/s1. The van der Waals surface area contributed by atoms with E-state index in [4.69, 9.17) is 26.6 Å². The largest absolute Gasteiger partial charge is 0.394 e. The van der Waals surface area contributed by atoms with E-state index in [2.05, 4.69) is 4.98 Å². The summed E-state index contributed by atoms with van der Waals surface area (Å²) in [6.45, 7) is -0.342. The second-order valence-electron chi connectivity index (χ2n) is 3.81. The van der Waals surface area contributed by atoms with Gasteiger partial charge in [0.05, 0.1) is 12.6 Å². The van der Waals surface area contributed by atoms with Gasteiger partial charge in [-0.1, -0.05) is 0 Å². The zero-order valence-corrected chi connectivity index (χ0v) is 8.89. The van der Waals surface area contributed by atoms with Crippen molar-refractivity contribution in [3.8, 4) is 6.07 Å². The maximum Gasteiger partial charge on any atom is 0.182 e. The minimum Gasteiger partial charge on any atom is -0.394 e. The maximum absolute atomic E-state index is 9.69. The minimum absolute atomic E-state index is 0.0720. The second-order valence-corrected chi connectivity index (χ2v) is 3.81. The van der Waals surface area contributed by atoms with Gasteiger partial charge in [0.2, 0.25) is 0 Å². The molecule has 1 saturated heterocycles. The lowest BCUT2D eigenvalue weighted by atomic mass is 10.1. The van der Waals surface area contributed by atoms with Crippen LogP contribution in [0.5, 0.6) is 0 Å². The van der Waals surface area contributed by atoms with Crippen LogP contribution in [-0.4, -0.2) is 44.6 Å². The van der Waals surface area contributed by atoms with Crippen LogP contribution < -0.4 is 11.5 Å². The van der Waals surface area contributed by atoms with Gasteiger partial charge in [-0.25, -0.2) is 4.98 Å². The van der Waals surface area contributed by atoms with Crippen molar-refractivity contribution >= 4 is 5.82 Å². The summed E-state index contributed by atoms with van der Waals surface area (Å²) < 4.78 is 6.75. The second kappa shape index (κ2) is 4.31. The van der Waals surface area contributed by atoms with E-state index < -0.39 is 24.5 Å². The lowest BCUT2D eigenvalue weighted by molar-refractivity contribution is -0.0441. The van der Waals surface area contributed by atoms with E-state index in [9.17, 15) is 5.11 Å². The molecule has 6 N–H and O–H groups in total. The van der Waals surface area contributed by atoms with E-state index in [1.54, 1.807) is 0 Å². The molecule has 0 bridgehead atoms. The zero-order valence-electron chi connectivity index (χ0n) is 8.89. The molecule has 0 aliphatic carbocycles. The molecule has 1 aliphatic heterocycles. The Balaban J connectivity index is 2.29. The molecule has 0 unspecified atom stereocenters. The van der Waals surface area contributed by atoms with E-state index >= 15 is 0 Å². The summed E-state index contributed by atoms with van der Waals surface area (Å²) in [5, 5.41) is 27.4. The molecule has 0 spiro atoms. The van der Waals surface area contributed by atoms with Crippen LogP contribution in [0, 0.1) is 11.3 Å². The first-order valence-corrected chi connectivity index (χ1v) is 5.02. The molecule has 92 valence electrons. The van der Waals surface area contributed by atoms with Crippen LogP contribution in [0.15, 0.2) is 6.33 Å². The Morgan fingerprint density at radius 3 is 2.82 bits per heavy atom. The molecule has 17 heavy (non-hydrogen) atoms. The predicted molar refractivity (Wildman–Crippen MR) is 56.3 cm³/mol. The average Bonchev–Trinajstić information content (AvgIpc) is 2.82. The maximum atomic E-state index is 9.69. The van der Waals surface area contributed by atoms with Crippen molar-refractivity contribution in [3.63, 3.8) is 0 Å². The molecule has 1 fully saturated rings. The van der Waals surface area contributed by atoms with Gasteiger partial charge in [0.1, 0.15) is 30.4 Å². The van der Waals surface area contributed by atoms with Gasteiger partial charge in [-0.2, -0.15) is 5.26 Å². The highest BCUT2D eigenvalue weighted by molar-refractivity contribution is 5.44. The van der Waals surface area contributed by atoms with Crippen LogP contribution in [0.4, 0.5) is 5.82 Å². The highest BCUT2D eigenvalue weighted by Crippen LogP contribution is 2.30. The summed E-state index contributed by atoms with van der Waals surface area (Å²) in [6.07, 6.45) is -1.17. The number of aliphatic hydroxyl groups excluding tert-OH is 2. The Kier molecular flexibility index (Phi) is 2.99. The lowest BCUT2D eigenvalue weighted by Gasteiger charge is -2.17. The Labute approximate surface area is 97.0 Å². The first kappa shape index (κ1) is 11.8. The van der Waals surface area contributed by atoms with Gasteiger partial charge < -0.3 is 26.4 Å². The molecule has 0 radical (unpaired) electrons. The normalized spacial score (nSPS) is 32.6. The van der Waals surface area contributed by atoms with Crippen molar-refractivity contribution in [1.29, 1.82) is 5.26 Å². The number of nitrogens with zero attached hydrogens (tertiary/aromatic N) is 3. The van der Waals surface area contributed by atoms with Crippen molar-refractivity contribution in [2.24, 2.45) is 5.73 Å². The molecule has 0 aromatic carbocycles. The van der Waals surface area contributed by atoms with E-state index in [1.807, 2.05) is 6.07 Å². The molecule has 2 rings (SSSR count). The quantitative estimate of drug-likeness (QED) is 0.463. The molecule has 8 heteroatoms. The number of aromatic nitrogens is 2. The summed E-state index contributed by atoms with van der Waals surface area (Å²) in [5.41, 5.74) is 11.5. The van der Waals surface area contributed by atoms with E-state index in [0.717, 1.165) is 0 Å². The molecule has 2 heterocycles. The Morgan fingerprint density at radius 1 is 1.65 bits per heavy atom. The molecule has 8 nitrogen and oxygen atoms in total. The molecule has 4 atom stereocenters. The molecule has 0 saturated carbocycles. The van der Waals surface area contributed by atoms with Crippen molar-refractivity contribution in [1.82, 2.24) is 9.55 Å². The first-order chi connectivity index (χ1) is 8.10. The van der Waals surface area contributed by atoms with Crippen molar-refractivity contribution < 1.29 is 14.9 Å². The van der Waals surface area contributed by atoms with Gasteiger partial charge in [-0.05, 0) is 0 Å². The summed E-state index contributed by atoms with van der Waals surface area (Å²) in [4.78, 5) is 3.79. The predicted octanol–water partition coefficient (Wildman–Crippen LogP) is -2.09. The van der Waals surface area contributed by atoms with Crippen molar-refractivity contribution in [2.75, 3.05) is 12.3 Å². The molecule has 1 aromatic heterocycles. The monoisotopic (exact) mass is 239 g/mol. The van der Waals surface area contributed by atoms with Crippen LogP contribution in [0.2, 0.25) is 0 Å². The average molecular weight is 239 g/mol. The first-order valence-electron chi connectivity index (χ1n) is 5.02. The topological polar surface area (TPSA) is 143 Å². The number of imidazole rings is 1. The number of rotatable bonds is 2. The van der Waals surface area contributed by atoms with Crippen LogP contribution in [-0.2, 0) is 4.74 Å². The number of hydrogen-bond donors (Lipinski definition) is 4. The Morgan fingerprint density at radius 2 is 2.35 bits per heavy atom. The number of hydrogen-bond acceptors (Lipinski definition) is 7. The lowest BCUT2D eigenvalue weighted by Crippen LogP contribution is -2.39. The van der Waals surface area contributed by atoms with Gasteiger partial charge >= 0.3 is 0 Å². The van der Waals surface area contributed by atoms with Gasteiger partial charge in [0.15, 0.2) is 11.9 Å². The number of nitriles is 1. The van der Waals surface area contributed by atoms with Gasteiger partial charge in [0, 0.05) is 0 Å². The smallest absolute Gasteiger partial charge is 0.182 e. The van der Waals surface area contributed by atoms with Gasteiger partial charge in [-0.3, -0.25) is 4.57 Å². The highest BCUT2D eigenvalue weighted by atomic mass is 16.5. The third-order valence-corrected chi connectivity index (χ3v) is 2.81. The van der Waals surface area contributed by atoms with Gasteiger partial charge in [-0.15, -0.1) is 0 Å².